The highest BCUT2D eigenvalue weighted by Gasteiger charge is 2.31. The Hall–Kier alpha value is -2.39. The van der Waals surface area contributed by atoms with Crippen molar-refractivity contribution < 1.29 is 14.5 Å². The van der Waals surface area contributed by atoms with Gasteiger partial charge < -0.3 is 9.64 Å². The van der Waals surface area contributed by atoms with E-state index >= 15 is 0 Å². The predicted octanol–water partition coefficient (Wildman–Crippen LogP) is 2.07. The van der Waals surface area contributed by atoms with Crippen LogP contribution in [0, 0.1) is 10.1 Å². The minimum atomic E-state index is -0.407. The molecule has 9 heteroatoms. The molecule has 2 aliphatic heterocycles. The zero-order valence-corrected chi connectivity index (χ0v) is 14.4. The number of nitrogens with zero attached hydrogens (tertiary/aromatic N) is 4. The van der Waals surface area contributed by atoms with Gasteiger partial charge in [0, 0.05) is 54.0 Å². The Morgan fingerprint density at radius 1 is 1.36 bits per heavy atom. The van der Waals surface area contributed by atoms with Gasteiger partial charge >= 0.3 is 0 Å². The van der Waals surface area contributed by atoms with Gasteiger partial charge in [-0.3, -0.25) is 19.6 Å². The van der Waals surface area contributed by atoms with E-state index in [4.69, 9.17) is 4.74 Å². The Balaban J connectivity index is 1.78. The molecule has 1 saturated heterocycles. The Morgan fingerprint density at radius 3 is 2.84 bits per heavy atom. The number of carbonyl (C=O) groups excluding carboxylic acids is 1. The highest BCUT2D eigenvalue weighted by molar-refractivity contribution is 7.98. The number of ether oxygens (including phenoxy) is 1. The van der Waals surface area contributed by atoms with E-state index in [2.05, 4.69) is 5.10 Å². The van der Waals surface area contributed by atoms with E-state index in [1.165, 1.54) is 6.07 Å². The van der Waals surface area contributed by atoms with E-state index in [0.717, 1.165) is 21.7 Å². The number of benzene rings is 1. The third-order valence-corrected chi connectivity index (χ3v) is 5.55. The van der Waals surface area contributed by atoms with Crippen LogP contribution >= 0.6 is 11.8 Å². The summed E-state index contributed by atoms with van der Waals surface area (Å²) in [6.45, 7) is 2.17. The van der Waals surface area contributed by atoms with Gasteiger partial charge in [-0.1, -0.05) is 0 Å². The maximum Gasteiger partial charge on any atom is 0.274 e. The summed E-state index contributed by atoms with van der Waals surface area (Å²) in [4.78, 5) is 26.3. The zero-order valence-electron chi connectivity index (χ0n) is 13.6. The van der Waals surface area contributed by atoms with Crippen molar-refractivity contribution in [3.63, 3.8) is 0 Å². The molecule has 0 aliphatic carbocycles. The fraction of sp³-hybridized carbons (Fsp3) is 0.375. The molecule has 0 bridgehead atoms. The number of fused-ring (bicyclic) bond motifs is 3. The Morgan fingerprint density at radius 2 is 2.12 bits per heavy atom. The summed E-state index contributed by atoms with van der Waals surface area (Å²) in [6.07, 6.45) is 0. The number of amides is 1. The summed E-state index contributed by atoms with van der Waals surface area (Å²) < 4.78 is 6.96. The molecule has 1 fully saturated rings. The molecule has 0 saturated carbocycles. The van der Waals surface area contributed by atoms with Crippen molar-refractivity contribution in [2.75, 3.05) is 26.3 Å². The second kappa shape index (κ2) is 6.16. The predicted molar refractivity (Wildman–Crippen MR) is 91.6 cm³/mol. The maximum atomic E-state index is 12.8. The lowest BCUT2D eigenvalue weighted by Gasteiger charge is -2.26. The third kappa shape index (κ3) is 2.69. The second-order valence-electron chi connectivity index (χ2n) is 5.93. The van der Waals surface area contributed by atoms with Gasteiger partial charge in [-0.05, 0) is 6.07 Å². The van der Waals surface area contributed by atoms with E-state index in [-0.39, 0.29) is 11.6 Å². The highest BCUT2D eigenvalue weighted by atomic mass is 32.2. The van der Waals surface area contributed by atoms with Gasteiger partial charge in [-0.25, -0.2) is 0 Å². The van der Waals surface area contributed by atoms with Gasteiger partial charge in [0.25, 0.3) is 11.6 Å². The second-order valence-corrected chi connectivity index (χ2v) is 6.95. The molecule has 1 aromatic carbocycles. The highest BCUT2D eigenvalue weighted by Crippen LogP contribution is 2.44. The molecule has 1 aromatic heterocycles. The number of rotatable bonds is 2. The molecule has 25 heavy (non-hydrogen) atoms. The molecule has 8 nitrogen and oxygen atoms in total. The van der Waals surface area contributed by atoms with Crippen molar-refractivity contribution in [1.82, 2.24) is 14.7 Å². The molecule has 0 unspecified atom stereocenters. The van der Waals surface area contributed by atoms with Gasteiger partial charge in [0.1, 0.15) is 0 Å². The molecule has 130 valence electrons. The van der Waals surface area contributed by atoms with Crippen LogP contribution in [-0.2, 0) is 17.5 Å². The lowest BCUT2D eigenvalue weighted by molar-refractivity contribution is -0.384. The Labute approximate surface area is 147 Å². The summed E-state index contributed by atoms with van der Waals surface area (Å²) >= 11 is 1.57. The lowest BCUT2D eigenvalue weighted by Crippen LogP contribution is -2.41. The first-order chi connectivity index (χ1) is 12.1. The molecule has 2 aliphatic rings. The van der Waals surface area contributed by atoms with Crippen molar-refractivity contribution in [1.29, 1.82) is 0 Å². The fourth-order valence-electron chi connectivity index (χ4n) is 3.22. The van der Waals surface area contributed by atoms with Crippen LogP contribution in [0.3, 0.4) is 0 Å². The quantitative estimate of drug-likeness (QED) is 0.601. The minimum absolute atomic E-state index is 0.0365. The monoisotopic (exact) mass is 360 g/mol. The van der Waals surface area contributed by atoms with Gasteiger partial charge in [-0.2, -0.15) is 5.10 Å². The maximum absolute atomic E-state index is 12.8. The largest absolute Gasteiger partial charge is 0.378 e. The van der Waals surface area contributed by atoms with Crippen molar-refractivity contribution in [2.24, 2.45) is 7.05 Å². The van der Waals surface area contributed by atoms with Crippen molar-refractivity contribution in [3.8, 4) is 11.3 Å². The summed E-state index contributed by atoms with van der Waals surface area (Å²) in [6, 6.07) is 4.83. The Bertz CT molecular complexity index is 873. The number of thioether (sulfide) groups is 1. The summed E-state index contributed by atoms with van der Waals surface area (Å²) in [5.41, 5.74) is 2.86. The first kappa shape index (κ1) is 16.1. The smallest absolute Gasteiger partial charge is 0.274 e. The standard InChI is InChI=1S/C16H16N4O4S/c1-18-15-11-8-10(20(22)23)2-3-13(11)25-9-12(15)14(17-18)16(21)19-4-6-24-7-5-19/h2-3,8H,4-7,9H2,1H3. The zero-order chi connectivity index (χ0) is 17.6. The number of aromatic nitrogens is 2. The number of carbonyl (C=O) groups is 1. The van der Waals surface area contributed by atoms with E-state index in [1.807, 2.05) is 0 Å². The van der Waals surface area contributed by atoms with Crippen molar-refractivity contribution >= 4 is 23.4 Å². The van der Waals surface area contributed by atoms with E-state index in [0.29, 0.717) is 37.8 Å². The minimum Gasteiger partial charge on any atom is -0.378 e. The third-order valence-electron chi connectivity index (χ3n) is 4.45. The number of hydrogen-bond acceptors (Lipinski definition) is 6. The van der Waals surface area contributed by atoms with Crippen LogP contribution in [0.1, 0.15) is 16.1 Å². The van der Waals surface area contributed by atoms with E-state index in [1.54, 1.807) is 40.5 Å². The molecule has 3 heterocycles. The average molecular weight is 360 g/mol. The molecule has 4 rings (SSSR count). The van der Waals surface area contributed by atoms with Crippen LogP contribution in [-0.4, -0.2) is 51.8 Å². The van der Waals surface area contributed by atoms with Crippen LogP contribution in [0.4, 0.5) is 5.69 Å². The number of hydrogen-bond donors (Lipinski definition) is 0. The molecule has 0 spiro atoms. The van der Waals surface area contributed by atoms with Crippen LogP contribution in [0.2, 0.25) is 0 Å². The van der Waals surface area contributed by atoms with Gasteiger partial charge in [-0.15, -0.1) is 11.8 Å². The first-order valence-electron chi connectivity index (χ1n) is 7.91. The summed E-state index contributed by atoms with van der Waals surface area (Å²) in [5, 5.41) is 15.5. The summed E-state index contributed by atoms with van der Waals surface area (Å²) in [7, 11) is 1.77. The van der Waals surface area contributed by atoms with Crippen molar-refractivity contribution in [2.45, 2.75) is 10.6 Å². The van der Waals surface area contributed by atoms with Crippen molar-refractivity contribution in [3.05, 3.63) is 39.6 Å². The molecule has 0 atom stereocenters. The Kier molecular flexibility index (Phi) is 3.97. The van der Waals surface area contributed by atoms with Crippen LogP contribution in [0.25, 0.3) is 11.3 Å². The van der Waals surface area contributed by atoms with Crippen LogP contribution < -0.4 is 0 Å². The van der Waals surface area contributed by atoms with Gasteiger partial charge in [0.15, 0.2) is 5.69 Å². The molecular weight excluding hydrogens is 344 g/mol. The molecule has 2 aromatic rings. The molecule has 0 N–H and O–H groups in total. The number of non-ortho nitro benzene ring substituents is 1. The molecule has 1 amide bonds. The summed E-state index contributed by atoms with van der Waals surface area (Å²) in [5.74, 6) is 0.522. The van der Waals surface area contributed by atoms with Gasteiger partial charge in [0.2, 0.25) is 0 Å². The number of nitro benzene ring substituents is 1. The van der Waals surface area contributed by atoms with Crippen LogP contribution in [0.5, 0.6) is 0 Å². The SMILES string of the molecule is Cn1nc(C(=O)N2CCOCC2)c2c1-c1cc([N+](=O)[O-])ccc1SC2. The lowest BCUT2D eigenvalue weighted by atomic mass is 10.0. The normalized spacial score (nSPS) is 16.3. The number of morpholine rings is 1. The fourth-order valence-corrected chi connectivity index (χ4v) is 4.27. The average Bonchev–Trinajstić information content (AvgIpc) is 2.98. The number of aryl methyl sites for hydroxylation is 1. The van der Waals surface area contributed by atoms with E-state index in [9.17, 15) is 14.9 Å². The first-order valence-corrected chi connectivity index (χ1v) is 8.89. The van der Waals surface area contributed by atoms with Gasteiger partial charge in [0.05, 0.1) is 23.8 Å². The van der Waals surface area contributed by atoms with E-state index < -0.39 is 4.92 Å². The molecular formula is C16H16N4O4S. The van der Waals surface area contributed by atoms with Crippen LogP contribution in [0.15, 0.2) is 23.1 Å². The number of nitro groups is 1. The topological polar surface area (TPSA) is 90.5 Å². The molecule has 0 radical (unpaired) electrons.